The number of para-hydroxylation sites is 1. The zero-order valence-corrected chi connectivity index (χ0v) is 6.95. The highest BCUT2D eigenvalue weighted by Crippen LogP contribution is 2.28. The number of amides is 1. The summed E-state index contributed by atoms with van der Waals surface area (Å²) in [4.78, 5) is 12.5. The number of benzene rings is 1. The van der Waals surface area contributed by atoms with E-state index in [9.17, 15) is 4.79 Å². The van der Waals surface area contributed by atoms with Crippen LogP contribution in [0.3, 0.4) is 0 Å². The molecule has 0 saturated carbocycles. The first kappa shape index (κ1) is 7.37. The molecule has 0 aromatic heterocycles. The van der Waals surface area contributed by atoms with Crippen molar-refractivity contribution < 1.29 is 4.79 Å². The van der Waals surface area contributed by atoms with Crippen LogP contribution in [0.1, 0.15) is 0 Å². The molecule has 12 heavy (non-hydrogen) atoms. The van der Waals surface area contributed by atoms with Crippen molar-refractivity contribution >= 4 is 23.2 Å². The molecule has 0 N–H and O–H groups in total. The van der Waals surface area contributed by atoms with E-state index >= 15 is 0 Å². The van der Waals surface area contributed by atoms with Gasteiger partial charge in [-0.3, -0.25) is 9.69 Å². The molecule has 0 fully saturated rings. The number of rotatable bonds is 1. The number of hydrogen-bond acceptors (Lipinski definition) is 1. The number of nitrogens with zero attached hydrogens (tertiary/aromatic N) is 1. The molecule has 2 rings (SSSR count). The maximum absolute atomic E-state index is 11.0. The quantitative estimate of drug-likeness (QED) is 0.647. The number of carbonyl (C=O) groups is 1. The highest BCUT2D eigenvalue weighted by Gasteiger charge is 2.19. The minimum absolute atomic E-state index is 0.0249. The van der Waals surface area contributed by atoms with Gasteiger partial charge in [0.15, 0.2) is 0 Å². The Hall–Kier alpha value is -1.28. The molecular weight excluding hydrogens is 174 g/mol. The molecule has 0 saturated heterocycles. The van der Waals surface area contributed by atoms with Crippen molar-refractivity contribution in [3.05, 3.63) is 41.6 Å². The molecule has 0 atom stereocenters. The lowest BCUT2D eigenvalue weighted by Gasteiger charge is -2.23. The largest absolute Gasteiger partial charge is 0.283 e. The summed E-state index contributed by atoms with van der Waals surface area (Å²) in [6.45, 7) is 0. The van der Waals surface area contributed by atoms with Gasteiger partial charge in [-0.2, -0.15) is 0 Å². The topological polar surface area (TPSA) is 20.3 Å². The predicted molar refractivity (Wildman–Crippen MR) is 48.1 cm³/mol. The molecule has 0 bridgehead atoms. The van der Waals surface area contributed by atoms with E-state index in [1.165, 1.54) is 11.0 Å². The van der Waals surface area contributed by atoms with Crippen LogP contribution < -0.4 is 4.90 Å². The number of anilines is 1. The minimum atomic E-state index is -0.0249. The van der Waals surface area contributed by atoms with Crippen molar-refractivity contribution in [3.63, 3.8) is 0 Å². The zero-order valence-electron chi connectivity index (χ0n) is 6.20. The SMILES string of the molecule is O=C1C=CN1c1ccccc1Cl. The van der Waals surface area contributed by atoms with Crippen molar-refractivity contribution in [2.45, 2.75) is 0 Å². The van der Waals surface area contributed by atoms with E-state index in [1.807, 2.05) is 18.2 Å². The molecule has 0 spiro atoms. The molecule has 0 radical (unpaired) electrons. The monoisotopic (exact) mass is 179 g/mol. The number of hydrogen-bond donors (Lipinski definition) is 0. The maximum Gasteiger partial charge on any atom is 0.256 e. The van der Waals surface area contributed by atoms with Gasteiger partial charge in [0, 0.05) is 12.3 Å². The Morgan fingerprint density at radius 2 is 2.00 bits per heavy atom. The summed E-state index contributed by atoms with van der Waals surface area (Å²) in [6.07, 6.45) is 3.20. The summed E-state index contributed by atoms with van der Waals surface area (Å²) in [7, 11) is 0. The van der Waals surface area contributed by atoms with Gasteiger partial charge in [-0.15, -0.1) is 0 Å². The lowest BCUT2D eigenvalue weighted by molar-refractivity contribution is -0.114. The Bertz CT molecular complexity index is 359. The van der Waals surface area contributed by atoms with E-state index in [4.69, 9.17) is 11.6 Å². The van der Waals surface area contributed by atoms with Crippen LogP contribution in [0, 0.1) is 0 Å². The van der Waals surface area contributed by atoms with Crippen LogP contribution in [-0.2, 0) is 4.79 Å². The van der Waals surface area contributed by atoms with Crippen LogP contribution in [0.4, 0.5) is 5.69 Å². The van der Waals surface area contributed by atoms with Gasteiger partial charge in [-0.05, 0) is 12.1 Å². The first-order valence-corrected chi connectivity index (χ1v) is 3.93. The fraction of sp³-hybridized carbons (Fsp3) is 0. The molecule has 2 nitrogen and oxygen atoms in total. The van der Waals surface area contributed by atoms with Gasteiger partial charge in [0.05, 0.1) is 10.7 Å². The van der Waals surface area contributed by atoms with Gasteiger partial charge >= 0.3 is 0 Å². The molecule has 1 heterocycles. The van der Waals surface area contributed by atoms with Crippen molar-refractivity contribution in [1.29, 1.82) is 0 Å². The van der Waals surface area contributed by atoms with Crippen LogP contribution >= 0.6 is 11.6 Å². The summed E-state index contributed by atoms with van der Waals surface area (Å²) >= 11 is 5.87. The Morgan fingerprint density at radius 3 is 2.50 bits per heavy atom. The van der Waals surface area contributed by atoms with Crippen molar-refractivity contribution in [1.82, 2.24) is 0 Å². The van der Waals surface area contributed by atoms with Gasteiger partial charge in [0.25, 0.3) is 5.91 Å². The van der Waals surface area contributed by atoms with Gasteiger partial charge in [0.2, 0.25) is 0 Å². The Balaban J connectivity index is 2.41. The maximum atomic E-state index is 11.0. The van der Waals surface area contributed by atoms with E-state index < -0.39 is 0 Å². The van der Waals surface area contributed by atoms with Crippen molar-refractivity contribution in [3.8, 4) is 0 Å². The average molecular weight is 180 g/mol. The van der Waals surface area contributed by atoms with Crippen molar-refractivity contribution in [2.24, 2.45) is 0 Å². The third-order valence-corrected chi connectivity index (χ3v) is 2.04. The Kier molecular flexibility index (Phi) is 1.62. The molecule has 1 aromatic carbocycles. The molecule has 3 heteroatoms. The summed E-state index contributed by atoms with van der Waals surface area (Å²) in [5.74, 6) is -0.0249. The normalized spacial score (nSPS) is 14.8. The summed E-state index contributed by atoms with van der Waals surface area (Å²) in [5, 5.41) is 0.593. The van der Waals surface area contributed by atoms with E-state index in [0.29, 0.717) is 5.02 Å². The molecule has 1 aliphatic heterocycles. The lowest BCUT2D eigenvalue weighted by Crippen LogP contribution is -2.30. The highest BCUT2D eigenvalue weighted by molar-refractivity contribution is 6.34. The predicted octanol–water partition coefficient (Wildman–Crippen LogP) is 2.20. The number of halogens is 1. The van der Waals surface area contributed by atoms with Gasteiger partial charge < -0.3 is 0 Å². The summed E-state index contributed by atoms with van der Waals surface area (Å²) < 4.78 is 0. The second-order valence-electron chi connectivity index (χ2n) is 2.48. The third-order valence-electron chi connectivity index (χ3n) is 1.72. The van der Waals surface area contributed by atoms with Gasteiger partial charge in [0.1, 0.15) is 0 Å². The third kappa shape index (κ3) is 1.01. The van der Waals surface area contributed by atoms with Crippen molar-refractivity contribution in [2.75, 3.05) is 4.90 Å². The molecule has 60 valence electrons. The fourth-order valence-corrected chi connectivity index (χ4v) is 1.28. The Morgan fingerprint density at radius 1 is 1.25 bits per heavy atom. The first-order chi connectivity index (χ1) is 5.79. The van der Waals surface area contributed by atoms with Crippen LogP contribution in [0.25, 0.3) is 0 Å². The van der Waals surface area contributed by atoms with Crippen LogP contribution in [0.2, 0.25) is 5.02 Å². The number of carbonyl (C=O) groups excluding carboxylic acids is 1. The molecule has 1 aliphatic rings. The second kappa shape index (κ2) is 2.64. The van der Waals surface area contributed by atoms with Gasteiger partial charge in [-0.25, -0.2) is 0 Å². The smallest absolute Gasteiger partial charge is 0.256 e. The molecule has 1 amide bonds. The summed E-state index contributed by atoms with van der Waals surface area (Å²) in [6, 6.07) is 7.25. The molecule has 1 aromatic rings. The standard InChI is InChI=1S/C9H6ClNO/c10-7-3-1-2-4-8(7)11-6-5-9(11)12/h1-6H. The van der Waals surface area contributed by atoms with Gasteiger partial charge in [-0.1, -0.05) is 23.7 Å². The van der Waals surface area contributed by atoms with E-state index in [1.54, 1.807) is 12.3 Å². The van der Waals surface area contributed by atoms with E-state index in [-0.39, 0.29) is 5.91 Å². The van der Waals surface area contributed by atoms with Crippen LogP contribution in [0.15, 0.2) is 36.5 Å². The molecule has 0 unspecified atom stereocenters. The molecular formula is C9H6ClNO. The highest BCUT2D eigenvalue weighted by atomic mass is 35.5. The van der Waals surface area contributed by atoms with E-state index in [2.05, 4.69) is 0 Å². The van der Waals surface area contributed by atoms with E-state index in [0.717, 1.165) is 5.69 Å². The fourth-order valence-electron chi connectivity index (χ4n) is 1.06. The molecule has 0 aliphatic carbocycles. The van der Waals surface area contributed by atoms with Crippen LogP contribution in [-0.4, -0.2) is 5.91 Å². The lowest BCUT2D eigenvalue weighted by atomic mass is 10.2. The summed E-state index contributed by atoms with van der Waals surface area (Å²) in [5.41, 5.74) is 0.742. The first-order valence-electron chi connectivity index (χ1n) is 3.55. The zero-order chi connectivity index (χ0) is 8.55. The Labute approximate surface area is 75.1 Å². The average Bonchev–Trinajstić information content (AvgIpc) is 2.06. The minimum Gasteiger partial charge on any atom is -0.283 e. The van der Waals surface area contributed by atoms with Crippen LogP contribution in [0.5, 0.6) is 0 Å². The second-order valence-corrected chi connectivity index (χ2v) is 2.88.